The van der Waals surface area contributed by atoms with Gasteiger partial charge in [0.25, 0.3) is 0 Å². The van der Waals surface area contributed by atoms with Gasteiger partial charge in [-0.15, -0.1) is 0 Å². The first-order valence-electron chi connectivity index (χ1n) is 4.70. The Labute approximate surface area is 72.9 Å². The summed E-state index contributed by atoms with van der Waals surface area (Å²) in [6, 6.07) is 0. The van der Waals surface area contributed by atoms with Gasteiger partial charge in [0.15, 0.2) is 0 Å². The highest BCUT2D eigenvalue weighted by molar-refractivity contribution is 5.08. The van der Waals surface area contributed by atoms with Crippen molar-refractivity contribution in [1.82, 2.24) is 0 Å². The third-order valence-electron chi connectivity index (χ3n) is 3.72. The lowest BCUT2D eigenvalue weighted by Crippen LogP contribution is -2.65. The van der Waals surface area contributed by atoms with Crippen LogP contribution in [-0.4, -0.2) is 30.5 Å². The number of aliphatic hydroxyl groups excluding tert-OH is 1. The number of nitrogens with two attached hydrogens (primary N) is 1. The predicted octanol–water partition coefficient (Wildman–Crippen LogP) is 0.267. The van der Waals surface area contributed by atoms with Gasteiger partial charge in [-0.25, -0.2) is 0 Å². The number of rotatable bonds is 1. The first kappa shape index (κ1) is 8.48. The van der Waals surface area contributed by atoms with E-state index >= 15 is 0 Å². The molecule has 1 unspecified atom stereocenters. The summed E-state index contributed by atoms with van der Waals surface area (Å²) in [6.45, 7) is 1.57. The van der Waals surface area contributed by atoms with Gasteiger partial charge in [-0.05, 0) is 19.3 Å². The monoisotopic (exact) mass is 171 g/mol. The minimum Gasteiger partial charge on any atom is -0.394 e. The third kappa shape index (κ3) is 0.934. The Hall–Kier alpha value is -0.120. The minimum absolute atomic E-state index is 0.107. The van der Waals surface area contributed by atoms with Gasteiger partial charge < -0.3 is 15.6 Å². The molecule has 1 heterocycles. The van der Waals surface area contributed by atoms with E-state index in [4.69, 9.17) is 10.5 Å². The van der Waals surface area contributed by atoms with Crippen LogP contribution in [0.4, 0.5) is 0 Å². The van der Waals surface area contributed by atoms with Crippen molar-refractivity contribution in [3.63, 3.8) is 0 Å². The normalized spacial score (nSPS) is 39.5. The van der Waals surface area contributed by atoms with Gasteiger partial charge in [0.1, 0.15) is 0 Å². The van der Waals surface area contributed by atoms with Crippen LogP contribution in [0.1, 0.15) is 25.7 Å². The van der Waals surface area contributed by atoms with Crippen LogP contribution < -0.4 is 5.73 Å². The lowest BCUT2D eigenvalue weighted by atomic mass is 9.56. The molecule has 12 heavy (non-hydrogen) atoms. The summed E-state index contributed by atoms with van der Waals surface area (Å²) in [5.41, 5.74) is 5.92. The fourth-order valence-corrected chi connectivity index (χ4v) is 2.42. The van der Waals surface area contributed by atoms with E-state index in [9.17, 15) is 5.11 Å². The van der Waals surface area contributed by atoms with Gasteiger partial charge in [-0.2, -0.15) is 0 Å². The molecule has 1 spiro atoms. The average molecular weight is 171 g/mol. The van der Waals surface area contributed by atoms with Gasteiger partial charge in [0.05, 0.1) is 13.2 Å². The molecule has 1 saturated heterocycles. The van der Waals surface area contributed by atoms with E-state index in [1.807, 2.05) is 0 Å². The van der Waals surface area contributed by atoms with Crippen LogP contribution in [-0.2, 0) is 4.74 Å². The second kappa shape index (κ2) is 2.69. The van der Waals surface area contributed by atoms with E-state index in [1.165, 1.54) is 6.42 Å². The van der Waals surface area contributed by atoms with Crippen LogP contribution in [0.15, 0.2) is 0 Å². The summed E-state index contributed by atoms with van der Waals surface area (Å²) in [7, 11) is 0. The van der Waals surface area contributed by atoms with Crippen molar-refractivity contribution >= 4 is 0 Å². The van der Waals surface area contributed by atoms with E-state index in [-0.39, 0.29) is 17.6 Å². The van der Waals surface area contributed by atoms with Crippen molar-refractivity contribution in [2.24, 2.45) is 11.1 Å². The zero-order chi connectivity index (χ0) is 8.66. The Kier molecular flexibility index (Phi) is 1.90. The summed E-state index contributed by atoms with van der Waals surface area (Å²) in [5.74, 6) is 0. The molecule has 1 atom stereocenters. The molecule has 2 rings (SSSR count). The maximum atomic E-state index is 9.27. The zero-order valence-electron chi connectivity index (χ0n) is 7.38. The van der Waals surface area contributed by atoms with E-state index in [0.717, 1.165) is 25.9 Å². The molecule has 0 aromatic carbocycles. The summed E-state index contributed by atoms with van der Waals surface area (Å²) >= 11 is 0. The second-order valence-corrected chi connectivity index (χ2v) is 4.25. The van der Waals surface area contributed by atoms with Gasteiger partial charge in [0.2, 0.25) is 0 Å². The predicted molar refractivity (Wildman–Crippen MR) is 45.7 cm³/mol. The topological polar surface area (TPSA) is 55.5 Å². The van der Waals surface area contributed by atoms with E-state index < -0.39 is 0 Å². The second-order valence-electron chi connectivity index (χ2n) is 4.25. The van der Waals surface area contributed by atoms with Crippen LogP contribution in [0.25, 0.3) is 0 Å². The lowest BCUT2D eigenvalue weighted by molar-refractivity contribution is -0.126. The van der Waals surface area contributed by atoms with E-state index in [2.05, 4.69) is 0 Å². The van der Waals surface area contributed by atoms with Crippen molar-refractivity contribution in [2.75, 3.05) is 19.8 Å². The number of hydrogen-bond acceptors (Lipinski definition) is 3. The Morgan fingerprint density at radius 1 is 1.33 bits per heavy atom. The van der Waals surface area contributed by atoms with Crippen molar-refractivity contribution in [2.45, 2.75) is 31.2 Å². The summed E-state index contributed by atoms with van der Waals surface area (Å²) in [4.78, 5) is 0. The summed E-state index contributed by atoms with van der Waals surface area (Å²) in [5, 5.41) is 9.27. The highest BCUT2D eigenvalue weighted by atomic mass is 16.5. The Balaban J connectivity index is 2.16. The average Bonchev–Trinajstić information content (AvgIpc) is 2.02. The first-order chi connectivity index (χ1) is 5.72. The Morgan fingerprint density at radius 2 is 2.08 bits per heavy atom. The fourth-order valence-electron chi connectivity index (χ4n) is 2.42. The largest absolute Gasteiger partial charge is 0.394 e. The molecule has 0 aromatic heterocycles. The first-order valence-corrected chi connectivity index (χ1v) is 4.70. The number of hydrogen-bond donors (Lipinski definition) is 2. The SMILES string of the molecule is NC1(CO)CCOCC12CCC2. The van der Waals surface area contributed by atoms with Crippen LogP contribution in [0.5, 0.6) is 0 Å². The Morgan fingerprint density at radius 3 is 2.50 bits per heavy atom. The quantitative estimate of drug-likeness (QED) is 0.595. The minimum atomic E-state index is -0.358. The highest BCUT2D eigenvalue weighted by Gasteiger charge is 2.54. The number of ether oxygens (including phenoxy) is 1. The maximum absolute atomic E-state index is 9.27. The lowest BCUT2D eigenvalue weighted by Gasteiger charge is -2.56. The fraction of sp³-hybridized carbons (Fsp3) is 1.00. The standard InChI is InChI=1S/C9H17NO2/c10-9(6-11)4-5-12-7-8(9)2-1-3-8/h11H,1-7,10H2. The highest BCUT2D eigenvalue weighted by Crippen LogP contribution is 2.51. The molecule has 3 nitrogen and oxygen atoms in total. The van der Waals surface area contributed by atoms with Gasteiger partial charge in [0, 0.05) is 17.6 Å². The molecule has 3 N–H and O–H groups in total. The van der Waals surface area contributed by atoms with E-state index in [1.54, 1.807) is 0 Å². The third-order valence-corrected chi connectivity index (χ3v) is 3.72. The van der Waals surface area contributed by atoms with Crippen LogP contribution >= 0.6 is 0 Å². The molecule has 0 aromatic rings. The van der Waals surface area contributed by atoms with E-state index in [0.29, 0.717) is 6.61 Å². The van der Waals surface area contributed by atoms with Crippen LogP contribution in [0.2, 0.25) is 0 Å². The van der Waals surface area contributed by atoms with Crippen molar-refractivity contribution in [3.05, 3.63) is 0 Å². The van der Waals surface area contributed by atoms with Gasteiger partial charge in [-0.3, -0.25) is 0 Å². The van der Waals surface area contributed by atoms with Crippen molar-refractivity contribution in [3.8, 4) is 0 Å². The van der Waals surface area contributed by atoms with Crippen LogP contribution in [0, 0.1) is 5.41 Å². The molecule has 0 radical (unpaired) electrons. The molecular formula is C9H17NO2. The zero-order valence-corrected chi connectivity index (χ0v) is 7.38. The molecule has 1 aliphatic heterocycles. The Bertz CT molecular complexity index is 168. The molecule has 3 heteroatoms. The molecule has 2 fully saturated rings. The van der Waals surface area contributed by atoms with Crippen molar-refractivity contribution in [1.29, 1.82) is 0 Å². The molecular weight excluding hydrogens is 154 g/mol. The molecule has 0 bridgehead atoms. The van der Waals surface area contributed by atoms with Crippen LogP contribution in [0.3, 0.4) is 0 Å². The maximum Gasteiger partial charge on any atom is 0.0618 e. The molecule has 2 aliphatic rings. The number of aliphatic hydroxyl groups is 1. The van der Waals surface area contributed by atoms with Gasteiger partial charge >= 0.3 is 0 Å². The van der Waals surface area contributed by atoms with Crippen molar-refractivity contribution < 1.29 is 9.84 Å². The molecule has 1 saturated carbocycles. The molecule has 1 aliphatic carbocycles. The summed E-state index contributed by atoms with van der Waals surface area (Å²) in [6.07, 6.45) is 4.31. The molecule has 0 amide bonds. The van der Waals surface area contributed by atoms with Gasteiger partial charge in [-0.1, -0.05) is 6.42 Å². The molecule has 70 valence electrons. The summed E-state index contributed by atoms with van der Waals surface area (Å²) < 4.78 is 5.43. The smallest absolute Gasteiger partial charge is 0.0618 e.